The number of benzene rings is 2. The van der Waals surface area contributed by atoms with E-state index in [2.05, 4.69) is 6.92 Å². The highest BCUT2D eigenvalue weighted by atomic mass is 16.5. The molecule has 2 aromatic carbocycles. The van der Waals surface area contributed by atoms with Crippen molar-refractivity contribution in [1.29, 1.82) is 0 Å². The van der Waals surface area contributed by atoms with Crippen LogP contribution in [0.25, 0.3) is 11.1 Å². The molecule has 1 aliphatic carbocycles. The Bertz CT molecular complexity index is 844. The highest BCUT2D eigenvalue weighted by Crippen LogP contribution is 2.39. The van der Waals surface area contributed by atoms with Crippen LogP contribution in [-0.4, -0.2) is 11.9 Å². The summed E-state index contributed by atoms with van der Waals surface area (Å²) in [7, 11) is 0. The highest BCUT2D eigenvalue weighted by molar-refractivity contribution is 5.96. The molecule has 0 heterocycles. The molecule has 0 aliphatic heterocycles. The Balaban J connectivity index is 1.86. The molecule has 3 rings (SSSR count). The van der Waals surface area contributed by atoms with Gasteiger partial charge in [0, 0.05) is 13.8 Å². The molecular formula is C20H18O4. The first-order valence-electron chi connectivity index (χ1n) is 7.74. The third-order valence-corrected chi connectivity index (χ3v) is 4.03. The van der Waals surface area contributed by atoms with Crippen LogP contribution in [0.4, 0.5) is 0 Å². The molecule has 4 nitrogen and oxygen atoms in total. The van der Waals surface area contributed by atoms with Gasteiger partial charge >= 0.3 is 11.9 Å². The van der Waals surface area contributed by atoms with Gasteiger partial charge in [-0.25, -0.2) is 0 Å². The van der Waals surface area contributed by atoms with Gasteiger partial charge in [0.15, 0.2) is 0 Å². The van der Waals surface area contributed by atoms with Crippen molar-refractivity contribution in [3.63, 3.8) is 0 Å². The van der Waals surface area contributed by atoms with Crippen molar-refractivity contribution in [1.82, 2.24) is 0 Å². The van der Waals surface area contributed by atoms with E-state index in [1.807, 2.05) is 30.3 Å². The molecule has 0 fully saturated rings. The summed E-state index contributed by atoms with van der Waals surface area (Å²) in [6, 6.07) is 13.2. The number of allylic oxidation sites excluding steroid dienone is 2. The van der Waals surface area contributed by atoms with Crippen molar-refractivity contribution in [2.45, 2.75) is 27.2 Å². The Labute approximate surface area is 140 Å². The molecule has 1 aliphatic rings. The zero-order valence-corrected chi connectivity index (χ0v) is 13.9. The minimum absolute atomic E-state index is 0.320. The standard InChI is InChI=1S/C20H18O4/c1-12-19-9-8-18(24-14(3)22)10-16(19)11-20(12)15-4-6-17(7-5-15)23-13(2)21/h4-10H,11H2,1-3H3. The van der Waals surface area contributed by atoms with Crippen molar-refractivity contribution < 1.29 is 19.1 Å². The summed E-state index contributed by atoms with van der Waals surface area (Å²) in [5.74, 6) is 0.459. The monoisotopic (exact) mass is 322 g/mol. The first-order chi connectivity index (χ1) is 11.4. The maximum atomic E-state index is 11.1. The Morgan fingerprint density at radius 2 is 1.46 bits per heavy atom. The Morgan fingerprint density at radius 1 is 0.875 bits per heavy atom. The second-order valence-corrected chi connectivity index (χ2v) is 5.81. The molecule has 0 bridgehead atoms. The number of fused-ring (bicyclic) bond motifs is 1. The molecule has 24 heavy (non-hydrogen) atoms. The van der Waals surface area contributed by atoms with Gasteiger partial charge < -0.3 is 9.47 Å². The van der Waals surface area contributed by atoms with E-state index in [0.29, 0.717) is 11.5 Å². The molecule has 0 atom stereocenters. The summed E-state index contributed by atoms with van der Waals surface area (Å²) in [4.78, 5) is 22.1. The van der Waals surface area contributed by atoms with Crippen LogP contribution < -0.4 is 9.47 Å². The molecule has 2 aromatic rings. The fraction of sp³-hybridized carbons (Fsp3) is 0.200. The van der Waals surface area contributed by atoms with Crippen molar-refractivity contribution >= 4 is 23.1 Å². The molecule has 0 spiro atoms. The average Bonchev–Trinajstić information content (AvgIpc) is 2.83. The van der Waals surface area contributed by atoms with E-state index in [-0.39, 0.29) is 11.9 Å². The molecule has 0 amide bonds. The van der Waals surface area contributed by atoms with Crippen LogP contribution in [0.3, 0.4) is 0 Å². The van der Waals surface area contributed by atoms with Crippen LogP contribution in [0.2, 0.25) is 0 Å². The van der Waals surface area contributed by atoms with E-state index >= 15 is 0 Å². The molecule has 0 N–H and O–H groups in total. The van der Waals surface area contributed by atoms with Gasteiger partial charge in [-0.2, -0.15) is 0 Å². The highest BCUT2D eigenvalue weighted by Gasteiger charge is 2.20. The minimum Gasteiger partial charge on any atom is -0.427 e. The van der Waals surface area contributed by atoms with Crippen LogP contribution in [0, 0.1) is 0 Å². The second kappa shape index (κ2) is 6.32. The van der Waals surface area contributed by atoms with Crippen molar-refractivity contribution in [3.8, 4) is 11.5 Å². The SMILES string of the molecule is CC(=O)Oc1ccc(C2=C(C)c3ccc(OC(C)=O)cc3C2)cc1. The maximum Gasteiger partial charge on any atom is 0.308 e. The normalized spacial score (nSPS) is 12.8. The van der Waals surface area contributed by atoms with Crippen molar-refractivity contribution in [2.75, 3.05) is 0 Å². The van der Waals surface area contributed by atoms with Gasteiger partial charge in [0.05, 0.1) is 0 Å². The van der Waals surface area contributed by atoms with E-state index in [4.69, 9.17) is 9.47 Å². The van der Waals surface area contributed by atoms with Crippen molar-refractivity contribution in [2.24, 2.45) is 0 Å². The number of carbonyl (C=O) groups excluding carboxylic acids is 2. The summed E-state index contributed by atoms with van der Waals surface area (Å²) in [5, 5.41) is 0. The first kappa shape index (κ1) is 16.0. The number of ether oxygens (including phenoxy) is 2. The lowest BCUT2D eigenvalue weighted by Crippen LogP contribution is -2.01. The second-order valence-electron chi connectivity index (χ2n) is 5.81. The lowest BCUT2D eigenvalue weighted by atomic mass is 10.0. The van der Waals surface area contributed by atoms with E-state index in [0.717, 1.165) is 17.5 Å². The van der Waals surface area contributed by atoms with Gasteiger partial charge in [-0.3, -0.25) is 9.59 Å². The lowest BCUT2D eigenvalue weighted by Gasteiger charge is -2.06. The molecule has 4 heteroatoms. The van der Waals surface area contributed by atoms with Gasteiger partial charge in [-0.05, 0) is 65.4 Å². The van der Waals surface area contributed by atoms with E-state index in [9.17, 15) is 9.59 Å². The van der Waals surface area contributed by atoms with Crippen LogP contribution in [-0.2, 0) is 16.0 Å². The molecule has 0 saturated carbocycles. The number of carbonyl (C=O) groups is 2. The summed E-state index contributed by atoms with van der Waals surface area (Å²) in [5.41, 5.74) is 5.84. The average molecular weight is 322 g/mol. The smallest absolute Gasteiger partial charge is 0.308 e. The topological polar surface area (TPSA) is 52.6 Å². The molecule has 0 radical (unpaired) electrons. The third kappa shape index (κ3) is 3.23. The van der Waals surface area contributed by atoms with Gasteiger partial charge in [0.2, 0.25) is 0 Å². The molecule has 0 unspecified atom stereocenters. The first-order valence-corrected chi connectivity index (χ1v) is 7.74. The number of hydrogen-bond acceptors (Lipinski definition) is 4. The maximum absolute atomic E-state index is 11.1. The Hall–Kier alpha value is -2.88. The minimum atomic E-state index is -0.329. The van der Waals surface area contributed by atoms with Gasteiger partial charge in [-0.15, -0.1) is 0 Å². The molecular weight excluding hydrogens is 304 g/mol. The zero-order valence-electron chi connectivity index (χ0n) is 13.9. The Morgan fingerprint density at radius 3 is 2.08 bits per heavy atom. The predicted molar refractivity (Wildman–Crippen MR) is 91.7 cm³/mol. The van der Waals surface area contributed by atoms with Crippen LogP contribution in [0.1, 0.15) is 37.5 Å². The molecule has 122 valence electrons. The van der Waals surface area contributed by atoms with E-state index in [1.165, 1.54) is 30.6 Å². The number of hydrogen-bond donors (Lipinski definition) is 0. The fourth-order valence-electron chi connectivity index (χ4n) is 3.01. The lowest BCUT2D eigenvalue weighted by molar-refractivity contribution is -0.132. The largest absolute Gasteiger partial charge is 0.427 e. The van der Waals surface area contributed by atoms with Crippen molar-refractivity contribution in [3.05, 3.63) is 59.2 Å². The molecule has 0 saturated heterocycles. The van der Waals surface area contributed by atoms with Crippen LogP contribution in [0.15, 0.2) is 42.5 Å². The molecule has 0 aromatic heterocycles. The number of esters is 2. The fourth-order valence-corrected chi connectivity index (χ4v) is 3.01. The van der Waals surface area contributed by atoms with Gasteiger partial charge in [-0.1, -0.05) is 18.2 Å². The summed E-state index contributed by atoms with van der Waals surface area (Å²) in [6.45, 7) is 4.87. The summed E-state index contributed by atoms with van der Waals surface area (Å²) >= 11 is 0. The summed E-state index contributed by atoms with van der Waals surface area (Å²) in [6.07, 6.45) is 0.781. The zero-order chi connectivity index (χ0) is 17.3. The van der Waals surface area contributed by atoms with E-state index < -0.39 is 0 Å². The van der Waals surface area contributed by atoms with Gasteiger partial charge in [0.1, 0.15) is 11.5 Å². The predicted octanol–water partition coefficient (Wildman–Crippen LogP) is 4.02. The van der Waals surface area contributed by atoms with Crippen LogP contribution >= 0.6 is 0 Å². The van der Waals surface area contributed by atoms with E-state index in [1.54, 1.807) is 12.1 Å². The number of rotatable bonds is 3. The third-order valence-electron chi connectivity index (χ3n) is 4.03. The van der Waals surface area contributed by atoms with Gasteiger partial charge in [0.25, 0.3) is 0 Å². The quantitative estimate of drug-likeness (QED) is 0.632. The summed E-state index contributed by atoms with van der Waals surface area (Å²) < 4.78 is 10.2. The Kier molecular flexibility index (Phi) is 4.21. The van der Waals surface area contributed by atoms with Crippen LogP contribution in [0.5, 0.6) is 11.5 Å².